The van der Waals surface area contributed by atoms with E-state index in [0.29, 0.717) is 18.8 Å². The highest BCUT2D eigenvalue weighted by atomic mass is 16.5. The van der Waals surface area contributed by atoms with Gasteiger partial charge in [-0.2, -0.15) is 5.10 Å². The zero-order chi connectivity index (χ0) is 17.2. The van der Waals surface area contributed by atoms with Gasteiger partial charge in [0.1, 0.15) is 6.04 Å². The van der Waals surface area contributed by atoms with E-state index in [1.807, 2.05) is 27.7 Å². The van der Waals surface area contributed by atoms with Crippen LogP contribution in [0.2, 0.25) is 0 Å². The number of aliphatic carboxylic acids is 1. The van der Waals surface area contributed by atoms with Gasteiger partial charge >= 0.3 is 5.97 Å². The minimum absolute atomic E-state index is 0.205. The summed E-state index contributed by atoms with van der Waals surface area (Å²) >= 11 is 0. The van der Waals surface area contributed by atoms with Crippen LogP contribution in [-0.2, 0) is 15.1 Å². The third kappa shape index (κ3) is 3.90. The first-order valence-corrected chi connectivity index (χ1v) is 7.88. The second kappa shape index (κ2) is 6.70. The van der Waals surface area contributed by atoms with E-state index in [1.165, 1.54) is 6.20 Å². The maximum atomic E-state index is 12.5. The van der Waals surface area contributed by atoms with Crippen molar-refractivity contribution in [3.05, 3.63) is 17.5 Å². The van der Waals surface area contributed by atoms with Gasteiger partial charge in [0.05, 0.1) is 23.9 Å². The number of hydrogen-bond acceptors (Lipinski definition) is 4. The Labute approximate surface area is 136 Å². The lowest BCUT2D eigenvalue weighted by molar-refractivity contribution is -0.142. The normalized spacial score (nSPS) is 20.1. The smallest absolute Gasteiger partial charge is 0.326 e. The SMILES string of the molecule is Cc1c(C(=O)NC(C(=O)O)C2CCCOC2)cnn1C(C)(C)C. The fourth-order valence-electron chi connectivity index (χ4n) is 2.94. The molecule has 7 heteroatoms. The van der Waals surface area contributed by atoms with E-state index >= 15 is 0 Å². The Balaban J connectivity index is 2.16. The molecule has 0 bridgehead atoms. The molecule has 2 atom stereocenters. The highest BCUT2D eigenvalue weighted by molar-refractivity contribution is 5.97. The van der Waals surface area contributed by atoms with Crippen LogP contribution in [0.3, 0.4) is 0 Å². The standard InChI is InChI=1S/C16H25N3O4/c1-10-12(8-17-19(10)16(2,3)4)14(20)18-13(15(21)22)11-6-5-7-23-9-11/h8,11,13H,5-7,9H2,1-4H3,(H,18,20)(H,21,22). The molecule has 0 saturated carbocycles. The van der Waals surface area contributed by atoms with E-state index < -0.39 is 17.9 Å². The van der Waals surface area contributed by atoms with Gasteiger partial charge in [-0.05, 0) is 40.5 Å². The average Bonchev–Trinajstić information content (AvgIpc) is 2.87. The molecule has 1 aliphatic heterocycles. The van der Waals surface area contributed by atoms with Gasteiger partial charge in [0.25, 0.3) is 5.91 Å². The molecular weight excluding hydrogens is 298 g/mol. The Hall–Kier alpha value is -1.89. The Morgan fingerprint density at radius 1 is 1.48 bits per heavy atom. The first-order valence-electron chi connectivity index (χ1n) is 7.88. The topological polar surface area (TPSA) is 93.5 Å². The van der Waals surface area contributed by atoms with Crippen LogP contribution in [0.5, 0.6) is 0 Å². The van der Waals surface area contributed by atoms with Crippen molar-refractivity contribution in [2.45, 2.75) is 52.1 Å². The number of aromatic nitrogens is 2. The molecule has 0 spiro atoms. The van der Waals surface area contributed by atoms with Crippen LogP contribution in [0.15, 0.2) is 6.20 Å². The Bertz CT molecular complexity index is 583. The van der Waals surface area contributed by atoms with Crippen molar-refractivity contribution in [2.24, 2.45) is 5.92 Å². The van der Waals surface area contributed by atoms with Crippen LogP contribution in [0.4, 0.5) is 0 Å². The summed E-state index contributed by atoms with van der Waals surface area (Å²) in [5, 5.41) is 16.3. The van der Waals surface area contributed by atoms with Crippen LogP contribution in [0.1, 0.15) is 49.7 Å². The van der Waals surface area contributed by atoms with Gasteiger partial charge in [0.2, 0.25) is 0 Å². The molecule has 1 saturated heterocycles. The molecule has 1 fully saturated rings. The maximum absolute atomic E-state index is 12.5. The quantitative estimate of drug-likeness (QED) is 0.877. The van der Waals surface area contributed by atoms with Crippen LogP contribution < -0.4 is 5.32 Å². The number of hydrogen-bond donors (Lipinski definition) is 2. The molecule has 23 heavy (non-hydrogen) atoms. The zero-order valence-electron chi connectivity index (χ0n) is 14.1. The highest BCUT2D eigenvalue weighted by Gasteiger charge is 2.32. The number of nitrogens with one attached hydrogen (secondary N) is 1. The number of amides is 1. The van der Waals surface area contributed by atoms with Crippen LogP contribution >= 0.6 is 0 Å². The summed E-state index contributed by atoms with van der Waals surface area (Å²) in [5.41, 5.74) is 0.883. The summed E-state index contributed by atoms with van der Waals surface area (Å²) in [4.78, 5) is 24.0. The molecule has 2 N–H and O–H groups in total. The number of carbonyl (C=O) groups excluding carboxylic acids is 1. The Kier molecular flexibility index (Phi) is 5.09. The lowest BCUT2D eigenvalue weighted by Gasteiger charge is -2.28. The van der Waals surface area contributed by atoms with E-state index in [2.05, 4.69) is 10.4 Å². The predicted octanol–water partition coefficient (Wildman–Crippen LogP) is 1.56. The molecule has 1 aromatic rings. The largest absolute Gasteiger partial charge is 0.480 e. The third-order valence-electron chi connectivity index (χ3n) is 4.11. The predicted molar refractivity (Wildman–Crippen MR) is 84.4 cm³/mol. The second-order valence-corrected chi connectivity index (χ2v) is 6.99. The van der Waals surface area contributed by atoms with E-state index in [1.54, 1.807) is 4.68 Å². The molecule has 2 heterocycles. The van der Waals surface area contributed by atoms with Gasteiger partial charge in [0, 0.05) is 18.2 Å². The van der Waals surface area contributed by atoms with Crippen molar-refractivity contribution in [3.63, 3.8) is 0 Å². The molecule has 1 aliphatic rings. The van der Waals surface area contributed by atoms with E-state index in [-0.39, 0.29) is 11.5 Å². The monoisotopic (exact) mass is 323 g/mol. The van der Waals surface area contributed by atoms with Crippen molar-refractivity contribution in [3.8, 4) is 0 Å². The summed E-state index contributed by atoms with van der Waals surface area (Å²) in [7, 11) is 0. The van der Waals surface area contributed by atoms with Gasteiger partial charge in [-0.3, -0.25) is 9.48 Å². The van der Waals surface area contributed by atoms with Gasteiger partial charge in [-0.1, -0.05) is 0 Å². The minimum atomic E-state index is -1.03. The molecule has 1 aromatic heterocycles. The molecule has 0 aromatic carbocycles. The van der Waals surface area contributed by atoms with Gasteiger partial charge in [0.15, 0.2) is 0 Å². The highest BCUT2D eigenvalue weighted by Crippen LogP contribution is 2.20. The lowest BCUT2D eigenvalue weighted by atomic mass is 9.93. The van der Waals surface area contributed by atoms with Crippen LogP contribution in [-0.4, -0.2) is 46.0 Å². The molecular formula is C16H25N3O4. The molecule has 2 rings (SSSR count). The maximum Gasteiger partial charge on any atom is 0.326 e. The number of carbonyl (C=O) groups is 2. The molecule has 0 aliphatic carbocycles. The molecule has 128 valence electrons. The van der Waals surface area contributed by atoms with Crippen molar-refractivity contribution in [1.29, 1.82) is 0 Å². The fraction of sp³-hybridized carbons (Fsp3) is 0.688. The zero-order valence-corrected chi connectivity index (χ0v) is 14.1. The number of rotatable bonds is 4. The van der Waals surface area contributed by atoms with Gasteiger partial charge < -0.3 is 15.2 Å². The van der Waals surface area contributed by atoms with Gasteiger partial charge in [-0.15, -0.1) is 0 Å². The summed E-state index contributed by atoms with van der Waals surface area (Å²) in [6, 6.07) is -0.944. The van der Waals surface area contributed by atoms with E-state index in [4.69, 9.17) is 4.74 Å². The Morgan fingerprint density at radius 3 is 2.65 bits per heavy atom. The van der Waals surface area contributed by atoms with Gasteiger partial charge in [-0.25, -0.2) is 4.79 Å². The van der Waals surface area contributed by atoms with E-state index in [9.17, 15) is 14.7 Å². The van der Waals surface area contributed by atoms with Crippen molar-refractivity contribution in [1.82, 2.24) is 15.1 Å². The minimum Gasteiger partial charge on any atom is -0.480 e. The summed E-state index contributed by atoms with van der Waals surface area (Å²) in [5.74, 6) is -1.64. The number of carboxylic acids is 1. The lowest BCUT2D eigenvalue weighted by Crippen LogP contribution is -2.48. The summed E-state index contributed by atoms with van der Waals surface area (Å²) in [6.07, 6.45) is 3.04. The molecule has 2 unspecified atom stereocenters. The van der Waals surface area contributed by atoms with Crippen LogP contribution in [0.25, 0.3) is 0 Å². The first kappa shape index (κ1) is 17.5. The number of carboxylic acid groups (broad SMARTS) is 1. The van der Waals surface area contributed by atoms with Crippen molar-refractivity contribution >= 4 is 11.9 Å². The van der Waals surface area contributed by atoms with Crippen molar-refractivity contribution < 1.29 is 19.4 Å². The first-order chi connectivity index (χ1) is 10.7. The third-order valence-corrected chi connectivity index (χ3v) is 4.11. The Morgan fingerprint density at radius 2 is 2.17 bits per heavy atom. The number of nitrogens with zero attached hydrogens (tertiary/aromatic N) is 2. The average molecular weight is 323 g/mol. The fourth-order valence-corrected chi connectivity index (χ4v) is 2.94. The summed E-state index contributed by atoms with van der Waals surface area (Å²) < 4.78 is 7.11. The number of ether oxygens (including phenoxy) is 1. The van der Waals surface area contributed by atoms with Crippen molar-refractivity contribution in [2.75, 3.05) is 13.2 Å². The summed E-state index contributed by atoms with van der Waals surface area (Å²) in [6.45, 7) is 8.80. The molecule has 1 amide bonds. The van der Waals surface area contributed by atoms with Crippen LogP contribution in [0, 0.1) is 12.8 Å². The second-order valence-electron chi connectivity index (χ2n) is 6.99. The van der Waals surface area contributed by atoms with E-state index in [0.717, 1.165) is 18.5 Å². The molecule has 0 radical (unpaired) electrons. The molecule has 7 nitrogen and oxygen atoms in total.